The van der Waals surface area contributed by atoms with E-state index < -0.39 is 30.4 Å². The highest BCUT2D eigenvalue weighted by molar-refractivity contribution is 9.10. The summed E-state index contributed by atoms with van der Waals surface area (Å²) >= 11 is 3.33. The van der Waals surface area contributed by atoms with Crippen LogP contribution in [0.4, 0.5) is 13.2 Å². The van der Waals surface area contributed by atoms with Crippen LogP contribution in [0.2, 0.25) is 0 Å². The first kappa shape index (κ1) is 44.3. The molecule has 0 radical (unpaired) electrons. The van der Waals surface area contributed by atoms with Crippen LogP contribution in [0.15, 0.2) is 106 Å². The number of alkyl halides is 3. The number of halogens is 4. The Balaban J connectivity index is 0.000000190. The number of rotatable bonds is 9. The Hall–Kier alpha value is -4.43. The third-order valence-corrected chi connectivity index (χ3v) is 10.4. The molecule has 0 bridgehead atoms. The number of carboxylic acids is 1. The summed E-state index contributed by atoms with van der Waals surface area (Å²) in [4.78, 5) is 22.8. The highest BCUT2D eigenvalue weighted by Crippen LogP contribution is 2.37. The maximum atomic E-state index is 12.3. The number of nitrogens with one attached hydrogen (secondary N) is 1. The number of aliphatic carboxylic acids is 1. The maximum Gasteiger partial charge on any atom is 0.494 e. The summed E-state index contributed by atoms with van der Waals surface area (Å²) in [5.41, 5.74) is 3.31. The quantitative estimate of drug-likeness (QED) is 0.112. The molecule has 6 rings (SSSR count). The number of esters is 1. The minimum atomic E-state index is -4.43. The first-order chi connectivity index (χ1) is 26.1. The van der Waals surface area contributed by atoms with E-state index in [-0.39, 0.29) is 35.9 Å². The van der Waals surface area contributed by atoms with Crippen molar-refractivity contribution in [1.82, 2.24) is 5.32 Å². The molecule has 8 nitrogen and oxygen atoms in total. The second kappa shape index (κ2) is 18.2. The van der Waals surface area contributed by atoms with Crippen LogP contribution in [0.5, 0.6) is 0 Å². The number of carbonyl (C=O) groups is 2. The lowest BCUT2D eigenvalue weighted by Gasteiger charge is -2.32. The molecule has 0 saturated carbocycles. The molecular weight excluding hydrogens is 790 g/mol. The van der Waals surface area contributed by atoms with Gasteiger partial charge in [-0.3, -0.25) is 9.59 Å². The summed E-state index contributed by atoms with van der Waals surface area (Å²) in [6, 6.07) is 29.6. The van der Waals surface area contributed by atoms with E-state index in [1.54, 1.807) is 0 Å². The van der Waals surface area contributed by atoms with Crippen molar-refractivity contribution in [2.24, 2.45) is 0 Å². The average Bonchev–Trinajstić information content (AvgIpc) is 3.71. The number of ether oxygens (including phenoxy) is 1. The van der Waals surface area contributed by atoms with Crippen LogP contribution in [0.3, 0.4) is 0 Å². The molecule has 1 saturated heterocycles. The van der Waals surface area contributed by atoms with Gasteiger partial charge in [0.2, 0.25) is 5.76 Å². The van der Waals surface area contributed by atoms with Gasteiger partial charge < -0.3 is 28.9 Å². The molecule has 2 heterocycles. The van der Waals surface area contributed by atoms with Gasteiger partial charge in [0, 0.05) is 11.0 Å². The van der Waals surface area contributed by atoms with Crippen LogP contribution in [-0.2, 0) is 54.7 Å². The van der Waals surface area contributed by atoms with Gasteiger partial charge in [-0.25, -0.2) is 0 Å². The minimum Gasteiger partial charge on any atom is -0.481 e. The summed E-state index contributed by atoms with van der Waals surface area (Å²) in [5.74, 6) is -1.75. The van der Waals surface area contributed by atoms with Gasteiger partial charge in [0.1, 0.15) is 5.76 Å². The largest absolute Gasteiger partial charge is 0.494 e. The molecule has 0 spiro atoms. The number of hydrogen-bond acceptors (Lipinski definition) is 7. The van der Waals surface area contributed by atoms with E-state index in [2.05, 4.69) is 21.2 Å². The molecule has 1 aliphatic heterocycles. The molecule has 1 aromatic heterocycles. The molecular formula is C43H48BBrF3NO7. The smallest absolute Gasteiger partial charge is 0.481 e. The molecule has 0 aliphatic carbocycles. The van der Waals surface area contributed by atoms with Gasteiger partial charge in [0.25, 0.3) is 0 Å². The van der Waals surface area contributed by atoms with E-state index in [0.717, 1.165) is 49.0 Å². The Labute approximate surface area is 335 Å². The number of benzene rings is 4. The molecule has 0 amide bonds. The van der Waals surface area contributed by atoms with E-state index in [9.17, 15) is 22.8 Å². The molecule has 0 unspecified atom stereocenters. The first-order valence-electron chi connectivity index (χ1n) is 18.0. The molecule has 56 heavy (non-hydrogen) atoms. The Morgan fingerprint density at radius 1 is 0.857 bits per heavy atom. The number of methoxy groups -OCH3 is 1. The lowest BCUT2D eigenvalue weighted by atomic mass is 9.75. The van der Waals surface area contributed by atoms with Crippen molar-refractivity contribution in [2.75, 3.05) is 7.11 Å². The molecule has 1 aliphatic rings. The first-order valence-corrected chi connectivity index (χ1v) is 18.8. The number of hydrogen-bond donors (Lipinski definition) is 2. The minimum absolute atomic E-state index is 0.0905. The second-order valence-corrected chi connectivity index (χ2v) is 15.9. The summed E-state index contributed by atoms with van der Waals surface area (Å²) in [7, 11) is 0.973. The van der Waals surface area contributed by atoms with Crippen LogP contribution in [0.25, 0.3) is 10.8 Å². The van der Waals surface area contributed by atoms with Crippen molar-refractivity contribution in [3.8, 4) is 0 Å². The van der Waals surface area contributed by atoms with E-state index in [4.69, 9.17) is 23.6 Å². The number of furan rings is 1. The fraction of sp³-hybridized carbons (Fsp3) is 0.349. The molecule has 13 heteroatoms. The highest BCUT2D eigenvalue weighted by Gasteiger charge is 2.52. The van der Waals surface area contributed by atoms with Crippen molar-refractivity contribution in [3.05, 3.63) is 135 Å². The van der Waals surface area contributed by atoms with Gasteiger partial charge in [-0.1, -0.05) is 88.7 Å². The van der Waals surface area contributed by atoms with Gasteiger partial charge in [0.15, 0.2) is 0 Å². The van der Waals surface area contributed by atoms with Crippen molar-refractivity contribution in [1.29, 1.82) is 0 Å². The third kappa shape index (κ3) is 11.3. The summed E-state index contributed by atoms with van der Waals surface area (Å²) in [5, 5.41) is 14.0. The van der Waals surface area contributed by atoms with Crippen LogP contribution in [0, 0.1) is 6.92 Å². The SMILES string of the molecule is COC(=O)C(C)(C)c1cccc(B2OC(C)(C)C(C)(C)O2)c1.Cc1ccc2ccccc2c1CC(=O)O.FC(F)(F)c1ccc(CNCc2ccc(Br)cc2)o1. The van der Waals surface area contributed by atoms with Gasteiger partial charge in [-0.05, 0) is 111 Å². The van der Waals surface area contributed by atoms with Gasteiger partial charge in [-0.2, -0.15) is 13.2 Å². The standard InChI is InChI=1S/C17H25BO4.C13H11BrF3NO.C13H12O2/c1-15(2,14(19)20-7)12-9-8-10-13(11-12)18-21-16(3,4)17(5,6)22-18;14-10-3-1-9(2-4-10)7-18-8-11-5-6-12(19-11)13(15,16)17;1-9-6-7-10-4-2-3-5-11(10)12(9)8-13(14)15/h8-11H,1-7H3;1-6,18H,7-8H2;2-7H,8H2,1H3,(H,14,15). The van der Waals surface area contributed by atoms with Crippen LogP contribution >= 0.6 is 15.9 Å². The Morgan fingerprint density at radius 2 is 1.50 bits per heavy atom. The number of carbonyl (C=O) groups excluding carboxylic acids is 1. The molecule has 4 aromatic carbocycles. The van der Waals surface area contributed by atoms with Crippen molar-refractivity contribution < 1.29 is 46.3 Å². The Bertz CT molecular complexity index is 2100. The Morgan fingerprint density at radius 3 is 2.09 bits per heavy atom. The van der Waals surface area contributed by atoms with E-state index in [1.807, 2.05) is 133 Å². The molecule has 0 atom stereocenters. The van der Waals surface area contributed by atoms with Crippen LogP contribution in [0.1, 0.15) is 75.3 Å². The maximum absolute atomic E-state index is 12.3. The van der Waals surface area contributed by atoms with E-state index >= 15 is 0 Å². The summed E-state index contributed by atoms with van der Waals surface area (Å²) < 4.78 is 59.6. The normalized spacial score (nSPS) is 14.7. The lowest BCUT2D eigenvalue weighted by Crippen LogP contribution is -2.41. The second-order valence-electron chi connectivity index (χ2n) is 15.0. The van der Waals surface area contributed by atoms with Crippen LogP contribution in [-0.4, -0.2) is 42.5 Å². The van der Waals surface area contributed by atoms with Gasteiger partial charge in [-0.15, -0.1) is 0 Å². The lowest BCUT2D eigenvalue weighted by molar-refractivity contribution is -0.153. The number of fused-ring (bicyclic) bond motifs is 1. The fourth-order valence-electron chi connectivity index (χ4n) is 5.81. The highest BCUT2D eigenvalue weighted by atomic mass is 79.9. The number of aryl methyl sites for hydroxylation is 1. The van der Waals surface area contributed by atoms with Gasteiger partial charge in [0.05, 0.1) is 36.7 Å². The predicted octanol–water partition coefficient (Wildman–Crippen LogP) is 9.56. The van der Waals surface area contributed by atoms with E-state index in [0.29, 0.717) is 6.54 Å². The molecule has 1 fully saturated rings. The zero-order valence-corrected chi connectivity index (χ0v) is 34.4. The zero-order valence-electron chi connectivity index (χ0n) is 32.8. The fourth-order valence-corrected chi connectivity index (χ4v) is 6.08. The van der Waals surface area contributed by atoms with E-state index in [1.165, 1.54) is 13.2 Å². The summed E-state index contributed by atoms with van der Waals surface area (Å²) in [6.45, 7) is 14.6. The van der Waals surface area contributed by atoms with Crippen molar-refractivity contribution >= 4 is 51.2 Å². The topological polar surface area (TPSA) is 107 Å². The molecule has 2 N–H and O–H groups in total. The summed E-state index contributed by atoms with van der Waals surface area (Å²) in [6.07, 6.45) is -4.34. The Kier molecular flexibility index (Phi) is 14.4. The van der Waals surface area contributed by atoms with Gasteiger partial charge >= 0.3 is 25.2 Å². The molecule has 5 aromatic rings. The monoisotopic (exact) mass is 837 g/mol. The van der Waals surface area contributed by atoms with Crippen LogP contribution < -0.4 is 10.8 Å². The van der Waals surface area contributed by atoms with Crippen molar-refractivity contribution in [3.63, 3.8) is 0 Å². The third-order valence-electron chi connectivity index (χ3n) is 9.91. The average molecular weight is 839 g/mol. The van der Waals surface area contributed by atoms with Crippen molar-refractivity contribution in [2.45, 2.75) is 90.8 Å². The zero-order chi connectivity index (χ0) is 41.5. The predicted molar refractivity (Wildman–Crippen MR) is 216 cm³/mol. The molecule has 298 valence electrons. The number of carboxylic acid groups (broad SMARTS) is 1.